The fraction of sp³-hybridized carbons (Fsp3) is 0.500. The second kappa shape index (κ2) is 2.36. The van der Waals surface area contributed by atoms with Gasteiger partial charge >= 0.3 is 0 Å². The number of hydrogen-bond donors (Lipinski definition) is 0. The molecule has 0 radical (unpaired) electrons. The van der Waals surface area contributed by atoms with Crippen molar-refractivity contribution < 1.29 is 4.74 Å². The molecule has 0 saturated carbocycles. The Morgan fingerprint density at radius 3 is 2.67 bits per heavy atom. The van der Waals surface area contributed by atoms with Gasteiger partial charge in [0.25, 0.3) is 0 Å². The van der Waals surface area contributed by atoms with E-state index in [9.17, 15) is 0 Å². The van der Waals surface area contributed by atoms with Crippen LogP contribution in [-0.4, -0.2) is 12.7 Å². The maximum atomic E-state index is 5.30. The van der Waals surface area contributed by atoms with E-state index in [-0.39, 0.29) is 6.10 Å². The van der Waals surface area contributed by atoms with Crippen LogP contribution in [0.2, 0.25) is 0 Å². The van der Waals surface area contributed by atoms with Gasteiger partial charge < -0.3 is 4.74 Å². The molecule has 2 unspecified atom stereocenters. The number of hydrogen-bond acceptors (Lipinski definition) is 1. The quantitative estimate of drug-likeness (QED) is 0.484. The zero-order valence-corrected chi connectivity index (χ0v) is 5.76. The molecule has 0 aromatic carbocycles. The van der Waals surface area contributed by atoms with E-state index in [1.807, 2.05) is 13.0 Å². The van der Waals surface area contributed by atoms with Crippen molar-refractivity contribution >= 4 is 0 Å². The lowest BCUT2D eigenvalue weighted by Gasteiger charge is -2.02. The third-order valence-electron chi connectivity index (χ3n) is 1.81. The molecule has 1 fully saturated rings. The molecule has 0 spiro atoms. The first-order valence-corrected chi connectivity index (χ1v) is 3.18. The van der Waals surface area contributed by atoms with E-state index in [4.69, 9.17) is 4.74 Å². The molecular weight excluding hydrogens is 112 g/mol. The molecule has 0 amide bonds. The van der Waals surface area contributed by atoms with Crippen LogP contribution in [-0.2, 0) is 4.74 Å². The van der Waals surface area contributed by atoms with Crippen molar-refractivity contribution in [1.82, 2.24) is 0 Å². The van der Waals surface area contributed by atoms with Crippen molar-refractivity contribution in [3.8, 4) is 0 Å². The molecule has 50 valence electrons. The van der Waals surface area contributed by atoms with E-state index in [0.29, 0.717) is 5.92 Å². The molecule has 0 bridgehead atoms. The molecule has 1 heteroatoms. The molecule has 1 saturated heterocycles. The van der Waals surface area contributed by atoms with Gasteiger partial charge in [0, 0.05) is 5.92 Å². The second-order valence-corrected chi connectivity index (χ2v) is 2.39. The minimum atomic E-state index is 0.230. The normalized spacial score (nSPS) is 35.0. The van der Waals surface area contributed by atoms with Gasteiger partial charge in [-0.05, 0) is 12.5 Å². The first kappa shape index (κ1) is 6.56. The molecule has 0 N–H and O–H groups in total. The molecule has 2 atom stereocenters. The topological polar surface area (TPSA) is 9.23 Å². The summed E-state index contributed by atoms with van der Waals surface area (Å²) >= 11 is 0. The molecule has 0 aromatic heterocycles. The molecule has 9 heavy (non-hydrogen) atoms. The Morgan fingerprint density at radius 2 is 2.44 bits per heavy atom. The highest BCUT2D eigenvalue weighted by Gasteiger charge is 2.23. The summed E-state index contributed by atoms with van der Waals surface area (Å²) in [7, 11) is 0. The average Bonchev–Trinajstić information content (AvgIpc) is 2.15. The lowest BCUT2D eigenvalue weighted by Crippen LogP contribution is -2.00. The fourth-order valence-corrected chi connectivity index (χ4v) is 0.983. The third-order valence-corrected chi connectivity index (χ3v) is 1.81. The van der Waals surface area contributed by atoms with E-state index in [0.717, 1.165) is 12.2 Å². The Labute approximate surface area is 56.0 Å². The highest BCUT2D eigenvalue weighted by Crippen LogP contribution is 2.24. The van der Waals surface area contributed by atoms with Gasteiger partial charge in [0.2, 0.25) is 0 Å². The number of ether oxygens (including phenoxy) is 1. The Balaban J connectivity index is 2.61. The maximum Gasteiger partial charge on any atom is 0.0761 e. The molecule has 0 aliphatic carbocycles. The summed E-state index contributed by atoms with van der Waals surface area (Å²) in [6.45, 7) is 10.4. The van der Waals surface area contributed by atoms with E-state index in [2.05, 4.69) is 13.2 Å². The van der Waals surface area contributed by atoms with Crippen LogP contribution in [0, 0.1) is 5.92 Å². The maximum absolute atomic E-state index is 5.30. The van der Waals surface area contributed by atoms with Crippen LogP contribution >= 0.6 is 0 Å². The van der Waals surface area contributed by atoms with Gasteiger partial charge in [-0.15, -0.1) is 6.58 Å². The van der Waals surface area contributed by atoms with Gasteiger partial charge in [-0.1, -0.05) is 12.7 Å². The fourth-order valence-electron chi connectivity index (χ4n) is 0.983. The van der Waals surface area contributed by atoms with Gasteiger partial charge in [-0.3, -0.25) is 0 Å². The monoisotopic (exact) mass is 124 g/mol. The molecule has 1 heterocycles. The Kier molecular flexibility index (Phi) is 1.72. The van der Waals surface area contributed by atoms with Crippen LogP contribution in [0.3, 0.4) is 0 Å². The van der Waals surface area contributed by atoms with Crippen molar-refractivity contribution in [2.45, 2.75) is 13.0 Å². The predicted octanol–water partition coefficient (Wildman–Crippen LogP) is 1.76. The van der Waals surface area contributed by atoms with Gasteiger partial charge in [0.1, 0.15) is 0 Å². The van der Waals surface area contributed by atoms with Gasteiger partial charge in [0.05, 0.1) is 12.7 Å². The summed E-state index contributed by atoms with van der Waals surface area (Å²) in [5.41, 5.74) is 1.16. The van der Waals surface area contributed by atoms with Gasteiger partial charge in [-0.2, -0.15) is 0 Å². The van der Waals surface area contributed by atoms with E-state index < -0.39 is 0 Å². The van der Waals surface area contributed by atoms with Crippen LogP contribution < -0.4 is 0 Å². The second-order valence-electron chi connectivity index (χ2n) is 2.39. The minimum Gasteiger partial charge on any atom is -0.373 e. The van der Waals surface area contributed by atoms with Gasteiger partial charge in [-0.25, -0.2) is 0 Å². The zero-order chi connectivity index (χ0) is 6.85. The highest BCUT2D eigenvalue weighted by atomic mass is 16.5. The molecule has 1 nitrogen and oxygen atoms in total. The SMILES string of the molecule is C=CC1COC(C)C1=C. The van der Waals surface area contributed by atoms with Crippen LogP contribution in [0.4, 0.5) is 0 Å². The largest absolute Gasteiger partial charge is 0.373 e. The van der Waals surface area contributed by atoms with Crippen molar-refractivity contribution in [1.29, 1.82) is 0 Å². The van der Waals surface area contributed by atoms with E-state index in [1.165, 1.54) is 0 Å². The van der Waals surface area contributed by atoms with Crippen molar-refractivity contribution in [3.05, 3.63) is 24.8 Å². The van der Waals surface area contributed by atoms with Crippen LogP contribution in [0.1, 0.15) is 6.92 Å². The summed E-state index contributed by atoms with van der Waals surface area (Å²) in [6.07, 6.45) is 2.12. The summed E-state index contributed by atoms with van der Waals surface area (Å²) in [5, 5.41) is 0. The first-order chi connectivity index (χ1) is 4.25. The molecular formula is C8H12O. The van der Waals surface area contributed by atoms with E-state index >= 15 is 0 Å². The Bertz CT molecular complexity index is 138. The van der Waals surface area contributed by atoms with Crippen molar-refractivity contribution in [2.75, 3.05) is 6.61 Å². The highest BCUT2D eigenvalue weighted by molar-refractivity contribution is 5.15. The molecule has 0 aromatic rings. The standard InChI is InChI=1S/C8H12O/c1-4-8-5-9-7(3)6(8)2/h4,7-8H,1-2,5H2,3H3. The van der Waals surface area contributed by atoms with Crippen molar-refractivity contribution in [2.24, 2.45) is 5.92 Å². The third kappa shape index (κ3) is 1.06. The summed E-state index contributed by atoms with van der Waals surface area (Å²) < 4.78 is 5.30. The molecule has 1 aliphatic heterocycles. The van der Waals surface area contributed by atoms with Crippen molar-refractivity contribution in [3.63, 3.8) is 0 Å². The summed E-state index contributed by atoms with van der Waals surface area (Å²) in [6, 6.07) is 0. The zero-order valence-electron chi connectivity index (χ0n) is 5.76. The average molecular weight is 124 g/mol. The Hall–Kier alpha value is -0.560. The lowest BCUT2D eigenvalue weighted by molar-refractivity contribution is 0.132. The van der Waals surface area contributed by atoms with Gasteiger partial charge in [0.15, 0.2) is 0 Å². The van der Waals surface area contributed by atoms with Crippen LogP contribution in [0.25, 0.3) is 0 Å². The minimum absolute atomic E-state index is 0.230. The number of rotatable bonds is 1. The van der Waals surface area contributed by atoms with E-state index in [1.54, 1.807) is 0 Å². The first-order valence-electron chi connectivity index (χ1n) is 3.18. The van der Waals surface area contributed by atoms with Crippen LogP contribution in [0.5, 0.6) is 0 Å². The van der Waals surface area contributed by atoms with Crippen LogP contribution in [0.15, 0.2) is 24.8 Å². The summed E-state index contributed by atoms with van der Waals surface area (Å²) in [5.74, 6) is 0.389. The smallest absolute Gasteiger partial charge is 0.0761 e. The molecule has 1 aliphatic rings. The predicted molar refractivity (Wildman–Crippen MR) is 38.2 cm³/mol. The Morgan fingerprint density at radius 1 is 1.78 bits per heavy atom. The molecule has 1 rings (SSSR count). The summed E-state index contributed by atoms with van der Waals surface area (Å²) in [4.78, 5) is 0. The lowest BCUT2D eigenvalue weighted by atomic mass is 10.0.